The highest BCUT2D eigenvalue weighted by atomic mass is 32.1. The number of carbonyl (C=O) groups excluding carboxylic acids is 3. The molecule has 0 aromatic carbocycles. The first-order valence-electron chi connectivity index (χ1n) is 7.33. The van der Waals surface area contributed by atoms with Crippen molar-refractivity contribution in [3.8, 4) is 0 Å². The molecule has 118 valence electrons. The largest absolute Gasteiger partial charge is 0.340 e. The summed E-state index contributed by atoms with van der Waals surface area (Å²) in [5.41, 5.74) is 0. The second kappa shape index (κ2) is 6.04. The van der Waals surface area contributed by atoms with Crippen LogP contribution in [-0.4, -0.2) is 58.8 Å². The summed E-state index contributed by atoms with van der Waals surface area (Å²) in [6.07, 6.45) is 3.78. The van der Waals surface area contributed by atoms with Crippen LogP contribution in [-0.2, 0) is 9.59 Å². The van der Waals surface area contributed by atoms with Crippen LogP contribution in [0.2, 0.25) is 0 Å². The lowest BCUT2D eigenvalue weighted by Crippen LogP contribution is -2.46. The number of aryl methyl sites for hydroxylation is 1. The fourth-order valence-corrected chi connectivity index (χ4v) is 3.72. The molecule has 1 N–H and O–H groups in total. The summed E-state index contributed by atoms with van der Waals surface area (Å²) in [5, 5.41) is 3.48. The molecule has 4 amide bonds. The SMILES string of the molecule is Cc1cnc([C@@H]2CCCN(C(=O)CN3C(=O)CNC3=O)C2)s1. The third kappa shape index (κ3) is 2.96. The normalized spacial score (nSPS) is 22.1. The van der Waals surface area contributed by atoms with E-state index in [1.54, 1.807) is 16.2 Å². The number of amides is 4. The summed E-state index contributed by atoms with van der Waals surface area (Å²) in [5.74, 6) is -0.273. The Morgan fingerprint density at radius 2 is 2.32 bits per heavy atom. The number of nitrogens with one attached hydrogen (secondary N) is 1. The van der Waals surface area contributed by atoms with Crippen molar-refractivity contribution in [2.75, 3.05) is 26.2 Å². The monoisotopic (exact) mass is 322 g/mol. The van der Waals surface area contributed by atoms with Crippen LogP contribution >= 0.6 is 11.3 Å². The van der Waals surface area contributed by atoms with Crippen molar-refractivity contribution in [3.05, 3.63) is 16.1 Å². The maximum atomic E-state index is 12.4. The van der Waals surface area contributed by atoms with Gasteiger partial charge >= 0.3 is 6.03 Å². The van der Waals surface area contributed by atoms with E-state index in [2.05, 4.69) is 10.3 Å². The molecule has 1 aromatic rings. The van der Waals surface area contributed by atoms with E-state index in [1.807, 2.05) is 13.1 Å². The van der Waals surface area contributed by atoms with Gasteiger partial charge in [-0.15, -0.1) is 11.3 Å². The first kappa shape index (κ1) is 15.0. The van der Waals surface area contributed by atoms with Crippen LogP contribution in [0.25, 0.3) is 0 Å². The molecular formula is C14H18N4O3S. The van der Waals surface area contributed by atoms with E-state index >= 15 is 0 Å². The van der Waals surface area contributed by atoms with E-state index in [0.717, 1.165) is 27.6 Å². The molecule has 2 aliphatic rings. The second-order valence-electron chi connectivity index (χ2n) is 5.63. The first-order chi connectivity index (χ1) is 10.5. The predicted molar refractivity (Wildman–Crippen MR) is 80.5 cm³/mol. The van der Waals surface area contributed by atoms with E-state index < -0.39 is 6.03 Å². The van der Waals surface area contributed by atoms with Crippen LogP contribution in [0.5, 0.6) is 0 Å². The molecule has 2 fully saturated rings. The molecule has 0 aliphatic carbocycles. The minimum atomic E-state index is -0.484. The second-order valence-corrected chi connectivity index (χ2v) is 6.89. The number of thiazole rings is 1. The van der Waals surface area contributed by atoms with Gasteiger partial charge in [-0.25, -0.2) is 9.78 Å². The minimum Gasteiger partial charge on any atom is -0.340 e. The highest BCUT2D eigenvalue weighted by molar-refractivity contribution is 7.11. The van der Waals surface area contributed by atoms with Crippen molar-refractivity contribution < 1.29 is 14.4 Å². The quantitative estimate of drug-likeness (QED) is 0.831. The Hall–Kier alpha value is -1.96. The summed E-state index contributed by atoms with van der Waals surface area (Å²) in [7, 11) is 0. The number of urea groups is 1. The van der Waals surface area contributed by atoms with Gasteiger partial charge in [-0.05, 0) is 19.8 Å². The maximum absolute atomic E-state index is 12.4. The lowest BCUT2D eigenvalue weighted by Gasteiger charge is -2.32. The van der Waals surface area contributed by atoms with Crippen LogP contribution in [0.3, 0.4) is 0 Å². The number of carbonyl (C=O) groups is 3. The molecule has 0 saturated carbocycles. The molecule has 0 radical (unpaired) electrons. The Labute approximate surface area is 132 Å². The number of piperidine rings is 1. The van der Waals surface area contributed by atoms with E-state index in [-0.39, 0.29) is 30.8 Å². The Morgan fingerprint density at radius 1 is 1.50 bits per heavy atom. The van der Waals surface area contributed by atoms with Crippen molar-refractivity contribution in [1.29, 1.82) is 0 Å². The number of hydrogen-bond donors (Lipinski definition) is 1. The van der Waals surface area contributed by atoms with Crippen LogP contribution in [0.4, 0.5) is 4.79 Å². The van der Waals surface area contributed by atoms with Gasteiger partial charge in [-0.3, -0.25) is 14.5 Å². The van der Waals surface area contributed by atoms with E-state index in [1.165, 1.54) is 0 Å². The molecule has 0 spiro atoms. The number of aromatic nitrogens is 1. The van der Waals surface area contributed by atoms with Crippen molar-refractivity contribution >= 4 is 29.2 Å². The summed E-state index contributed by atoms with van der Waals surface area (Å²) in [4.78, 5) is 43.7. The van der Waals surface area contributed by atoms with Crippen LogP contribution in [0, 0.1) is 6.92 Å². The van der Waals surface area contributed by atoms with Gasteiger partial charge in [0.1, 0.15) is 6.54 Å². The first-order valence-corrected chi connectivity index (χ1v) is 8.14. The molecule has 1 aromatic heterocycles. The average Bonchev–Trinajstić information content (AvgIpc) is 3.08. The third-order valence-electron chi connectivity index (χ3n) is 3.99. The molecule has 0 unspecified atom stereocenters. The fourth-order valence-electron chi connectivity index (χ4n) is 2.82. The third-order valence-corrected chi connectivity index (χ3v) is 5.07. The lowest BCUT2D eigenvalue weighted by atomic mass is 9.98. The Morgan fingerprint density at radius 3 is 2.95 bits per heavy atom. The fraction of sp³-hybridized carbons (Fsp3) is 0.571. The smallest absolute Gasteiger partial charge is 0.325 e. The molecule has 3 rings (SSSR count). The van der Waals surface area contributed by atoms with Crippen molar-refractivity contribution in [3.63, 3.8) is 0 Å². The van der Waals surface area contributed by atoms with Crippen LogP contribution < -0.4 is 5.32 Å². The van der Waals surface area contributed by atoms with Gasteiger partial charge in [0.15, 0.2) is 0 Å². The minimum absolute atomic E-state index is 0.0207. The zero-order valence-corrected chi connectivity index (χ0v) is 13.2. The highest BCUT2D eigenvalue weighted by Gasteiger charge is 2.33. The average molecular weight is 322 g/mol. The number of hydrogen-bond acceptors (Lipinski definition) is 5. The topological polar surface area (TPSA) is 82.6 Å². The van der Waals surface area contributed by atoms with E-state index in [4.69, 9.17) is 0 Å². The standard InChI is InChI=1S/C14H18N4O3S/c1-9-5-15-13(22-9)10-3-2-4-17(7-10)12(20)8-18-11(19)6-16-14(18)21/h5,10H,2-4,6-8H2,1H3,(H,16,21)/t10-/m1/s1. The van der Waals surface area contributed by atoms with Crippen molar-refractivity contribution in [1.82, 2.24) is 20.1 Å². The van der Waals surface area contributed by atoms with Crippen molar-refractivity contribution in [2.24, 2.45) is 0 Å². The molecular weight excluding hydrogens is 304 g/mol. The Bertz CT molecular complexity index is 599. The van der Waals surface area contributed by atoms with Gasteiger partial charge in [-0.1, -0.05) is 0 Å². The molecule has 7 nitrogen and oxygen atoms in total. The summed E-state index contributed by atoms with van der Waals surface area (Å²) in [6, 6.07) is -0.484. The highest BCUT2D eigenvalue weighted by Crippen LogP contribution is 2.29. The molecule has 22 heavy (non-hydrogen) atoms. The summed E-state index contributed by atoms with van der Waals surface area (Å²) < 4.78 is 0. The van der Waals surface area contributed by atoms with E-state index in [9.17, 15) is 14.4 Å². The Kier molecular flexibility index (Phi) is 4.10. The number of rotatable bonds is 3. The summed E-state index contributed by atoms with van der Waals surface area (Å²) >= 11 is 1.66. The van der Waals surface area contributed by atoms with Crippen LogP contribution in [0.15, 0.2) is 6.20 Å². The predicted octanol–water partition coefficient (Wildman–Crippen LogP) is 0.709. The van der Waals surface area contributed by atoms with Crippen LogP contribution in [0.1, 0.15) is 28.6 Å². The molecule has 3 heterocycles. The summed E-state index contributed by atoms with van der Waals surface area (Å²) in [6.45, 7) is 3.10. The zero-order chi connectivity index (χ0) is 15.7. The molecule has 8 heteroatoms. The molecule has 2 aliphatic heterocycles. The molecule has 1 atom stereocenters. The molecule has 2 saturated heterocycles. The molecule has 0 bridgehead atoms. The van der Waals surface area contributed by atoms with Gasteiger partial charge in [0, 0.05) is 30.1 Å². The van der Waals surface area contributed by atoms with Gasteiger partial charge in [0.2, 0.25) is 5.91 Å². The van der Waals surface area contributed by atoms with Gasteiger partial charge in [0.05, 0.1) is 11.6 Å². The number of nitrogens with zero attached hydrogens (tertiary/aromatic N) is 3. The maximum Gasteiger partial charge on any atom is 0.325 e. The van der Waals surface area contributed by atoms with Gasteiger partial charge < -0.3 is 10.2 Å². The van der Waals surface area contributed by atoms with E-state index in [0.29, 0.717) is 13.1 Å². The lowest BCUT2D eigenvalue weighted by molar-refractivity contribution is -0.137. The number of likely N-dealkylation sites (tertiary alicyclic amines) is 1. The van der Waals surface area contributed by atoms with Gasteiger partial charge in [0.25, 0.3) is 5.91 Å². The van der Waals surface area contributed by atoms with Gasteiger partial charge in [-0.2, -0.15) is 0 Å². The Balaban J connectivity index is 1.63. The van der Waals surface area contributed by atoms with Crippen molar-refractivity contribution in [2.45, 2.75) is 25.7 Å². The number of imide groups is 1. The zero-order valence-electron chi connectivity index (χ0n) is 12.4.